The van der Waals surface area contributed by atoms with Crippen LogP contribution in [0.15, 0.2) is 36.5 Å². The van der Waals surface area contributed by atoms with Gasteiger partial charge in [-0.3, -0.25) is 4.68 Å². The van der Waals surface area contributed by atoms with Gasteiger partial charge >= 0.3 is 0 Å². The maximum atomic E-state index is 4.18. The average Bonchev–Trinajstić information content (AvgIpc) is 2.76. The molecule has 1 aromatic carbocycles. The Morgan fingerprint density at radius 3 is 2.67 bits per heavy atom. The zero-order valence-corrected chi connectivity index (χ0v) is 11.4. The van der Waals surface area contributed by atoms with Gasteiger partial charge in [0.15, 0.2) is 0 Å². The van der Waals surface area contributed by atoms with Crippen LogP contribution in [0.1, 0.15) is 31.0 Å². The molecular formula is C15H21N3. The lowest BCUT2D eigenvalue weighted by molar-refractivity contribution is 0.711. The first-order valence-electron chi connectivity index (χ1n) is 6.48. The lowest BCUT2D eigenvalue weighted by Crippen LogP contribution is -2.10. The van der Waals surface area contributed by atoms with Crippen LogP contribution in [0.3, 0.4) is 0 Å². The summed E-state index contributed by atoms with van der Waals surface area (Å²) < 4.78 is 1.93. The molecule has 0 unspecified atom stereocenters. The molecule has 0 aliphatic heterocycles. The van der Waals surface area contributed by atoms with Crippen molar-refractivity contribution in [2.45, 2.75) is 26.2 Å². The highest BCUT2D eigenvalue weighted by Crippen LogP contribution is 2.23. The minimum Gasteiger partial charge on any atom is -0.384 e. The Hall–Kier alpha value is -1.77. The Morgan fingerprint density at radius 1 is 1.22 bits per heavy atom. The largest absolute Gasteiger partial charge is 0.384 e. The SMILES string of the molecule is CC(C)c1ccccc1NCCc1ccnn1C. The molecule has 2 rings (SSSR count). The summed E-state index contributed by atoms with van der Waals surface area (Å²) >= 11 is 0. The zero-order valence-electron chi connectivity index (χ0n) is 11.4. The second kappa shape index (κ2) is 5.71. The quantitative estimate of drug-likeness (QED) is 0.874. The van der Waals surface area contributed by atoms with Gasteiger partial charge in [-0.25, -0.2) is 0 Å². The number of hydrogen-bond donors (Lipinski definition) is 1. The Morgan fingerprint density at radius 2 is 2.00 bits per heavy atom. The minimum absolute atomic E-state index is 0.547. The second-order valence-corrected chi connectivity index (χ2v) is 4.86. The summed E-state index contributed by atoms with van der Waals surface area (Å²) in [6, 6.07) is 10.6. The monoisotopic (exact) mass is 243 g/mol. The van der Waals surface area contributed by atoms with Crippen molar-refractivity contribution in [2.75, 3.05) is 11.9 Å². The number of nitrogens with one attached hydrogen (secondary N) is 1. The van der Waals surface area contributed by atoms with E-state index >= 15 is 0 Å². The summed E-state index contributed by atoms with van der Waals surface area (Å²) in [5.41, 5.74) is 3.88. The van der Waals surface area contributed by atoms with E-state index in [-0.39, 0.29) is 0 Å². The Balaban J connectivity index is 1.96. The number of aromatic nitrogens is 2. The summed E-state index contributed by atoms with van der Waals surface area (Å²) in [5.74, 6) is 0.547. The predicted molar refractivity (Wildman–Crippen MR) is 75.9 cm³/mol. The van der Waals surface area contributed by atoms with Gasteiger partial charge in [0.2, 0.25) is 0 Å². The van der Waals surface area contributed by atoms with Crippen LogP contribution < -0.4 is 5.32 Å². The minimum atomic E-state index is 0.547. The highest BCUT2D eigenvalue weighted by atomic mass is 15.3. The molecule has 0 fully saturated rings. The molecule has 18 heavy (non-hydrogen) atoms. The van der Waals surface area contributed by atoms with Crippen molar-refractivity contribution < 1.29 is 0 Å². The highest BCUT2D eigenvalue weighted by Gasteiger charge is 2.05. The van der Waals surface area contributed by atoms with Crippen LogP contribution in [-0.2, 0) is 13.5 Å². The molecule has 3 nitrogen and oxygen atoms in total. The molecule has 0 saturated carbocycles. The third kappa shape index (κ3) is 2.92. The van der Waals surface area contributed by atoms with Crippen LogP contribution in [0, 0.1) is 0 Å². The lowest BCUT2D eigenvalue weighted by Gasteiger charge is -2.14. The molecule has 2 aromatic rings. The zero-order chi connectivity index (χ0) is 13.0. The number of hydrogen-bond acceptors (Lipinski definition) is 2. The van der Waals surface area contributed by atoms with E-state index < -0.39 is 0 Å². The third-order valence-electron chi connectivity index (χ3n) is 3.20. The van der Waals surface area contributed by atoms with Crippen molar-refractivity contribution in [3.05, 3.63) is 47.8 Å². The molecule has 3 heteroatoms. The van der Waals surface area contributed by atoms with Crippen LogP contribution in [0.2, 0.25) is 0 Å². The van der Waals surface area contributed by atoms with Crippen molar-refractivity contribution in [2.24, 2.45) is 7.05 Å². The molecule has 0 atom stereocenters. The van der Waals surface area contributed by atoms with Gasteiger partial charge in [-0.1, -0.05) is 32.0 Å². The van der Waals surface area contributed by atoms with Gasteiger partial charge in [0.05, 0.1) is 0 Å². The molecule has 96 valence electrons. The maximum absolute atomic E-state index is 4.18. The first-order valence-corrected chi connectivity index (χ1v) is 6.48. The van der Waals surface area contributed by atoms with E-state index in [2.05, 4.69) is 54.6 Å². The first kappa shape index (κ1) is 12.7. The van der Waals surface area contributed by atoms with E-state index in [0.29, 0.717) is 5.92 Å². The molecule has 1 N–H and O–H groups in total. The van der Waals surface area contributed by atoms with E-state index in [1.54, 1.807) is 0 Å². The highest BCUT2D eigenvalue weighted by molar-refractivity contribution is 5.52. The fraction of sp³-hybridized carbons (Fsp3) is 0.400. The van der Waals surface area contributed by atoms with Crippen molar-refractivity contribution in [1.29, 1.82) is 0 Å². The number of nitrogens with zero attached hydrogens (tertiary/aromatic N) is 2. The lowest BCUT2D eigenvalue weighted by atomic mass is 10.0. The molecule has 0 spiro atoms. The van der Waals surface area contributed by atoms with E-state index in [9.17, 15) is 0 Å². The van der Waals surface area contributed by atoms with Crippen LogP contribution >= 0.6 is 0 Å². The number of anilines is 1. The Labute approximate surface area is 109 Å². The number of aryl methyl sites for hydroxylation is 1. The van der Waals surface area contributed by atoms with Gasteiger partial charge < -0.3 is 5.32 Å². The summed E-state index contributed by atoms with van der Waals surface area (Å²) in [4.78, 5) is 0. The summed E-state index contributed by atoms with van der Waals surface area (Å²) in [7, 11) is 1.98. The summed E-state index contributed by atoms with van der Waals surface area (Å²) in [5, 5.41) is 7.70. The molecule has 1 aromatic heterocycles. The molecule has 0 radical (unpaired) electrons. The van der Waals surface area contributed by atoms with E-state index in [0.717, 1.165) is 13.0 Å². The predicted octanol–water partition coefficient (Wildman–Crippen LogP) is 3.20. The summed E-state index contributed by atoms with van der Waals surface area (Å²) in [6.45, 7) is 5.38. The fourth-order valence-electron chi connectivity index (χ4n) is 2.13. The molecule has 0 aliphatic rings. The smallest absolute Gasteiger partial charge is 0.0492 e. The maximum Gasteiger partial charge on any atom is 0.0492 e. The van der Waals surface area contributed by atoms with E-state index in [4.69, 9.17) is 0 Å². The number of benzene rings is 1. The van der Waals surface area contributed by atoms with Gasteiger partial charge in [0.25, 0.3) is 0 Å². The normalized spacial score (nSPS) is 10.9. The van der Waals surface area contributed by atoms with Crippen LogP contribution in [0.4, 0.5) is 5.69 Å². The molecule has 1 heterocycles. The molecule has 0 amide bonds. The molecule has 0 bridgehead atoms. The van der Waals surface area contributed by atoms with E-state index in [1.165, 1.54) is 16.9 Å². The van der Waals surface area contributed by atoms with E-state index in [1.807, 2.05) is 17.9 Å². The number of para-hydroxylation sites is 1. The first-order chi connectivity index (χ1) is 8.68. The Bertz CT molecular complexity index is 500. The fourth-order valence-corrected chi connectivity index (χ4v) is 2.13. The van der Waals surface area contributed by atoms with Crippen molar-refractivity contribution in [3.63, 3.8) is 0 Å². The van der Waals surface area contributed by atoms with Gasteiger partial charge in [0, 0.05) is 37.6 Å². The Kier molecular flexibility index (Phi) is 4.03. The van der Waals surface area contributed by atoms with Crippen molar-refractivity contribution in [1.82, 2.24) is 9.78 Å². The summed E-state index contributed by atoms with van der Waals surface area (Å²) in [6.07, 6.45) is 2.83. The molecule has 0 saturated heterocycles. The third-order valence-corrected chi connectivity index (χ3v) is 3.20. The van der Waals surface area contributed by atoms with Crippen LogP contribution in [0.25, 0.3) is 0 Å². The topological polar surface area (TPSA) is 29.9 Å². The molecule has 0 aliphatic carbocycles. The van der Waals surface area contributed by atoms with Gasteiger partial charge in [-0.2, -0.15) is 5.10 Å². The van der Waals surface area contributed by atoms with Gasteiger partial charge in [-0.15, -0.1) is 0 Å². The van der Waals surface area contributed by atoms with Crippen LogP contribution in [-0.4, -0.2) is 16.3 Å². The number of rotatable bonds is 5. The average molecular weight is 243 g/mol. The van der Waals surface area contributed by atoms with Crippen molar-refractivity contribution >= 4 is 5.69 Å². The van der Waals surface area contributed by atoms with Gasteiger partial charge in [0.1, 0.15) is 0 Å². The van der Waals surface area contributed by atoms with Gasteiger partial charge in [-0.05, 0) is 23.6 Å². The van der Waals surface area contributed by atoms with Crippen molar-refractivity contribution in [3.8, 4) is 0 Å². The second-order valence-electron chi connectivity index (χ2n) is 4.86. The molecular weight excluding hydrogens is 222 g/mol. The standard InChI is InChI=1S/C15H21N3/c1-12(2)14-6-4-5-7-15(14)16-10-8-13-9-11-17-18(13)3/h4-7,9,11-12,16H,8,10H2,1-3H3. The van der Waals surface area contributed by atoms with Crippen LogP contribution in [0.5, 0.6) is 0 Å².